The van der Waals surface area contributed by atoms with Crippen LogP contribution >= 0.6 is 11.6 Å². The molecule has 2 amide bonds. The van der Waals surface area contributed by atoms with E-state index in [9.17, 15) is 4.79 Å². The van der Waals surface area contributed by atoms with Gasteiger partial charge in [0.15, 0.2) is 0 Å². The van der Waals surface area contributed by atoms with Gasteiger partial charge < -0.3 is 15.5 Å². The molecule has 1 saturated heterocycles. The molecule has 1 fully saturated rings. The number of rotatable bonds is 5. The second-order valence-corrected chi connectivity index (χ2v) is 5.74. The quantitative estimate of drug-likeness (QED) is 0.714. The summed E-state index contributed by atoms with van der Waals surface area (Å²) in [6, 6.07) is 6.99. The van der Waals surface area contributed by atoms with Gasteiger partial charge in [0.1, 0.15) is 0 Å². The van der Waals surface area contributed by atoms with Gasteiger partial charge in [-0.25, -0.2) is 4.79 Å². The van der Waals surface area contributed by atoms with Crippen molar-refractivity contribution in [2.45, 2.75) is 25.7 Å². The largest absolute Gasteiger partial charge is 0.338 e. The molecule has 0 radical (unpaired) electrons. The molecule has 0 spiro atoms. The summed E-state index contributed by atoms with van der Waals surface area (Å²) in [7, 11) is 0. The maximum Gasteiger partial charge on any atom is 0.319 e. The zero-order chi connectivity index (χ0) is 14.2. The number of amides is 2. The summed E-state index contributed by atoms with van der Waals surface area (Å²) in [5.41, 5.74) is 0.719. The van der Waals surface area contributed by atoms with Crippen molar-refractivity contribution in [3.63, 3.8) is 0 Å². The van der Waals surface area contributed by atoms with Crippen LogP contribution in [0, 0.1) is 0 Å². The molecule has 0 unspecified atom stereocenters. The number of quaternary nitrogens is 1. The summed E-state index contributed by atoms with van der Waals surface area (Å²) in [5, 5.41) is 6.29. The van der Waals surface area contributed by atoms with Gasteiger partial charge in [-0.1, -0.05) is 17.7 Å². The predicted molar refractivity (Wildman–Crippen MR) is 82.5 cm³/mol. The summed E-state index contributed by atoms with van der Waals surface area (Å²) < 4.78 is 0. The minimum Gasteiger partial charge on any atom is -0.338 e. The first-order chi connectivity index (χ1) is 9.74. The van der Waals surface area contributed by atoms with Crippen LogP contribution in [-0.2, 0) is 0 Å². The van der Waals surface area contributed by atoms with Crippen molar-refractivity contribution in [3.05, 3.63) is 29.3 Å². The van der Waals surface area contributed by atoms with Gasteiger partial charge in [0.05, 0.1) is 19.6 Å². The number of carbonyl (C=O) groups is 1. The van der Waals surface area contributed by atoms with Crippen LogP contribution in [0.15, 0.2) is 24.3 Å². The molecular formula is C15H23ClN3O+. The highest BCUT2D eigenvalue weighted by atomic mass is 35.5. The molecular weight excluding hydrogens is 274 g/mol. The SMILES string of the molecule is O=C(NCCC[NH+]1CCCCC1)Nc1cccc(Cl)c1. The molecule has 1 aromatic rings. The van der Waals surface area contributed by atoms with E-state index in [1.54, 1.807) is 17.0 Å². The van der Waals surface area contributed by atoms with Crippen LogP contribution in [0.3, 0.4) is 0 Å². The third kappa shape index (κ3) is 5.39. The summed E-state index contributed by atoms with van der Waals surface area (Å²) >= 11 is 5.87. The number of carbonyl (C=O) groups excluding carboxylic acids is 1. The topological polar surface area (TPSA) is 45.6 Å². The minimum absolute atomic E-state index is 0.166. The van der Waals surface area contributed by atoms with Gasteiger partial charge in [0.2, 0.25) is 0 Å². The third-order valence-electron chi connectivity index (χ3n) is 3.64. The van der Waals surface area contributed by atoms with E-state index in [4.69, 9.17) is 11.6 Å². The Bertz CT molecular complexity index is 433. The summed E-state index contributed by atoms with van der Waals surface area (Å²) in [6.07, 6.45) is 5.10. The summed E-state index contributed by atoms with van der Waals surface area (Å²) in [6.45, 7) is 4.44. The normalized spacial score (nSPS) is 15.8. The summed E-state index contributed by atoms with van der Waals surface area (Å²) in [5.74, 6) is 0. The van der Waals surface area contributed by atoms with Gasteiger partial charge in [-0.3, -0.25) is 0 Å². The van der Waals surface area contributed by atoms with Crippen LogP contribution in [0.25, 0.3) is 0 Å². The second-order valence-electron chi connectivity index (χ2n) is 5.31. The van der Waals surface area contributed by atoms with E-state index in [0.29, 0.717) is 5.02 Å². The van der Waals surface area contributed by atoms with Crippen molar-refractivity contribution >= 4 is 23.3 Å². The number of halogens is 1. The number of anilines is 1. The van der Waals surface area contributed by atoms with Crippen molar-refractivity contribution in [1.82, 2.24) is 5.32 Å². The van der Waals surface area contributed by atoms with Crippen LogP contribution in [0.1, 0.15) is 25.7 Å². The van der Waals surface area contributed by atoms with Gasteiger partial charge in [-0.2, -0.15) is 0 Å². The average Bonchev–Trinajstić information content (AvgIpc) is 2.45. The lowest BCUT2D eigenvalue weighted by molar-refractivity contribution is -0.904. The fraction of sp³-hybridized carbons (Fsp3) is 0.533. The van der Waals surface area contributed by atoms with Gasteiger partial charge >= 0.3 is 6.03 Å². The summed E-state index contributed by atoms with van der Waals surface area (Å²) in [4.78, 5) is 13.4. The zero-order valence-electron chi connectivity index (χ0n) is 11.8. The molecule has 1 heterocycles. The second kappa shape index (κ2) is 8.12. The fourth-order valence-corrected chi connectivity index (χ4v) is 2.77. The van der Waals surface area contributed by atoms with Crippen molar-refractivity contribution in [2.24, 2.45) is 0 Å². The lowest BCUT2D eigenvalue weighted by atomic mass is 10.1. The molecule has 0 aromatic heterocycles. The number of hydrogen-bond donors (Lipinski definition) is 3. The Labute approximate surface area is 125 Å². The number of piperidine rings is 1. The van der Waals surface area contributed by atoms with Crippen molar-refractivity contribution in [3.8, 4) is 0 Å². The number of likely N-dealkylation sites (tertiary alicyclic amines) is 1. The van der Waals surface area contributed by atoms with Crippen LogP contribution in [-0.4, -0.2) is 32.2 Å². The van der Waals surface area contributed by atoms with Crippen LogP contribution < -0.4 is 15.5 Å². The molecule has 1 aliphatic rings. The van der Waals surface area contributed by atoms with Gasteiger partial charge in [0.25, 0.3) is 0 Å². The highest BCUT2D eigenvalue weighted by Crippen LogP contribution is 2.14. The third-order valence-corrected chi connectivity index (χ3v) is 3.87. The molecule has 1 aliphatic heterocycles. The van der Waals surface area contributed by atoms with Crippen LogP contribution in [0.5, 0.6) is 0 Å². The Hall–Kier alpha value is -1.26. The smallest absolute Gasteiger partial charge is 0.319 e. The number of benzene rings is 1. The first-order valence-electron chi connectivity index (χ1n) is 7.38. The molecule has 0 bridgehead atoms. The lowest BCUT2D eigenvalue weighted by Crippen LogP contribution is -3.12. The fourth-order valence-electron chi connectivity index (χ4n) is 2.58. The number of hydrogen-bond acceptors (Lipinski definition) is 1. The highest BCUT2D eigenvalue weighted by molar-refractivity contribution is 6.30. The maximum atomic E-state index is 11.7. The molecule has 5 heteroatoms. The standard InChI is InChI=1S/C15H22ClN3O/c16-13-6-4-7-14(12-13)18-15(20)17-8-5-11-19-9-2-1-3-10-19/h4,6-7,12H,1-3,5,8-11H2,(H2,17,18,20)/p+1. The number of nitrogens with one attached hydrogen (secondary N) is 3. The Morgan fingerprint density at radius 3 is 2.80 bits per heavy atom. The highest BCUT2D eigenvalue weighted by Gasteiger charge is 2.12. The van der Waals surface area contributed by atoms with Crippen molar-refractivity contribution in [2.75, 3.05) is 31.5 Å². The molecule has 0 aliphatic carbocycles. The minimum atomic E-state index is -0.166. The Morgan fingerprint density at radius 1 is 1.25 bits per heavy atom. The number of urea groups is 1. The average molecular weight is 297 g/mol. The molecule has 110 valence electrons. The van der Waals surface area contributed by atoms with Crippen molar-refractivity contribution in [1.29, 1.82) is 0 Å². The van der Waals surface area contributed by atoms with E-state index in [1.165, 1.54) is 32.4 Å². The molecule has 0 saturated carbocycles. The predicted octanol–water partition coefficient (Wildman–Crippen LogP) is 1.92. The lowest BCUT2D eigenvalue weighted by Gasteiger charge is -2.23. The van der Waals surface area contributed by atoms with Gasteiger partial charge in [0, 0.05) is 23.7 Å². The Balaban J connectivity index is 1.60. The molecule has 4 nitrogen and oxygen atoms in total. The van der Waals surface area contributed by atoms with E-state index in [2.05, 4.69) is 10.6 Å². The van der Waals surface area contributed by atoms with E-state index in [-0.39, 0.29) is 6.03 Å². The van der Waals surface area contributed by atoms with E-state index >= 15 is 0 Å². The van der Waals surface area contributed by atoms with Crippen molar-refractivity contribution < 1.29 is 9.69 Å². The molecule has 3 N–H and O–H groups in total. The maximum absolute atomic E-state index is 11.7. The van der Waals surface area contributed by atoms with E-state index in [0.717, 1.165) is 25.2 Å². The van der Waals surface area contributed by atoms with E-state index in [1.807, 2.05) is 12.1 Å². The Morgan fingerprint density at radius 2 is 2.05 bits per heavy atom. The van der Waals surface area contributed by atoms with Gasteiger partial charge in [-0.15, -0.1) is 0 Å². The Kier molecular flexibility index (Phi) is 6.15. The molecule has 1 aromatic carbocycles. The monoisotopic (exact) mass is 296 g/mol. The van der Waals surface area contributed by atoms with Crippen LogP contribution in [0.2, 0.25) is 5.02 Å². The molecule has 2 rings (SSSR count). The molecule has 20 heavy (non-hydrogen) atoms. The molecule has 0 atom stereocenters. The van der Waals surface area contributed by atoms with Crippen LogP contribution in [0.4, 0.5) is 10.5 Å². The first kappa shape index (κ1) is 15.1. The zero-order valence-corrected chi connectivity index (χ0v) is 12.5. The first-order valence-corrected chi connectivity index (χ1v) is 7.76. The van der Waals surface area contributed by atoms with E-state index < -0.39 is 0 Å². The van der Waals surface area contributed by atoms with Gasteiger partial charge in [-0.05, 0) is 37.5 Å².